The van der Waals surface area contributed by atoms with Crippen molar-refractivity contribution in [2.75, 3.05) is 13.2 Å². The van der Waals surface area contributed by atoms with Crippen LogP contribution >= 0.6 is 0 Å². The number of aryl methyl sites for hydroxylation is 1. The first-order chi connectivity index (χ1) is 9.47. The molecule has 1 aliphatic rings. The SMILES string of the molecule is Cc1cn(C2C=C[C@@H](COCC(C)C)O2)c(=O)[nH]c1=O. The molecular formula is C14H20N2O4. The van der Waals surface area contributed by atoms with Crippen LogP contribution in [0.1, 0.15) is 25.6 Å². The minimum Gasteiger partial charge on any atom is -0.378 e. The van der Waals surface area contributed by atoms with Gasteiger partial charge in [0.05, 0.1) is 6.61 Å². The number of hydrogen-bond donors (Lipinski definition) is 1. The summed E-state index contributed by atoms with van der Waals surface area (Å²) in [7, 11) is 0. The highest BCUT2D eigenvalue weighted by atomic mass is 16.5. The molecule has 1 unspecified atom stereocenters. The third kappa shape index (κ3) is 3.46. The smallest absolute Gasteiger partial charge is 0.330 e. The Kier molecular flexibility index (Phi) is 4.57. The second-order valence-electron chi connectivity index (χ2n) is 5.36. The van der Waals surface area contributed by atoms with Gasteiger partial charge in [0.25, 0.3) is 5.56 Å². The fourth-order valence-corrected chi connectivity index (χ4v) is 1.94. The van der Waals surface area contributed by atoms with E-state index >= 15 is 0 Å². The molecule has 0 aliphatic carbocycles. The molecule has 1 aromatic rings. The number of hydrogen-bond acceptors (Lipinski definition) is 4. The van der Waals surface area contributed by atoms with Gasteiger partial charge < -0.3 is 9.47 Å². The molecule has 0 fully saturated rings. The molecule has 2 rings (SSSR count). The molecule has 20 heavy (non-hydrogen) atoms. The van der Waals surface area contributed by atoms with Crippen LogP contribution in [0, 0.1) is 12.8 Å². The van der Waals surface area contributed by atoms with Crippen molar-refractivity contribution < 1.29 is 9.47 Å². The van der Waals surface area contributed by atoms with E-state index in [1.807, 2.05) is 6.08 Å². The molecule has 0 radical (unpaired) electrons. The summed E-state index contributed by atoms with van der Waals surface area (Å²) >= 11 is 0. The Morgan fingerprint density at radius 3 is 2.85 bits per heavy atom. The van der Waals surface area contributed by atoms with Crippen LogP contribution < -0.4 is 11.2 Å². The summed E-state index contributed by atoms with van der Waals surface area (Å²) in [4.78, 5) is 25.3. The van der Waals surface area contributed by atoms with Gasteiger partial charge in [0.2, 0.25) is 0 Å². The molecule has 110 valence electrons. The fourth-order valence-electron chi connectivity index (χ4n) is 1.94. The Labute approximate surface area is 117 Å². The molecule has 6 heteroatoms. The van der Waals surface area contributed by atoms with E-state index in [0.717, 1.165) is 0 Å². The minimum atomic E-state index is -0.495. The van der Waals surface area contributed by atoms with Gasteiger partial charge in [-0.15, -0.1) is 0 Å². The highest BCUT2D eigenvalue weighted by Gasteiger charge is 2.22. The third-order valence-electron chi connectivity index (χ3n) is 2.96. The predicted octanol–water partition coefficient (Wildman–Crippen LogP) is 0.971. The van der Waals surface area contributed by atoms with Gasteiger partial charge in [-0.2, -0.15) is 0 Å². The Morgan fingerprint density at radius 2 is 2.15 bits per heavy atom. The lowest BCUT2D eigenvalue weighted by Crippen LogP contribution is -2.33. The third-order valence-corrected chi connectivity index (χ3v) is 2.96. The Morgan fingerprint density at radius 1 is 1.40 bits per heavy atom. The Hall–Kier alpha value is -1.66. The quantitative estimate of drug-likeness (QED) is 0.816. The first-order valence-corrected chi connectivity index (χ1v) is 6.71. The zero-order valence-electron chi connectivity index (χ0n) is 12.0. The summed E-state index contributed by atoms with van der Waals surface area (Å²) in [5.41, 5.74) is -0.370. The summed E-state index contributed by atoms with van der Waals surface area (Å²) in [6.45, 7) is 6.95. The monoisotopic (exact) mass is 280 g/mol. The van der Waals surface area contributed by atoms with Gasteiger partial charge >= 0.3 is 5.69 Å². The predicted molar refractivity (Wildman–Crippen MR) is 74.8 cm³/mol. The number of nitrogens with zero attached hydrogens (tertiary/aromatic N) is 1. The molecule has 1 aromatic heterocycles. The molecule has 0 saturated carbocycles. The number of aromatic nitrogens is 2. The van der Waals surface area contributed by atoms with Gasteiger partial charge in [-0.05, 0) is 18.9 Å². The van der Waals surface area contributed by atoms with Crippen molar-refractivity contribution in [2.45, 2.75) is 33.1 Å². The number of ether oxygens (including phenoxy) is 2. The van der Waals surface area contributed by atoms with Crippen molar-refractivity contribution in [2.24, 2.45) is 5.92 Å². The summed E-state index contributed by atoms with van der Waals surface area (Å²) in [6.07, 6.45) is 4.51. The van der Waals surface area contributed by atoms with Crippen LogP contribution in [0.15, 0.2) is 27.9 Å². The maximum atomic E-state index is 11.8. The fraction of sp³-hybridized carbons (Fsp3) is 0.571. The molecular weight excluding hydrogens is 260 g/mol. The average molecular weight is 280 g/mol. The van der Waals surface area contributed by atoms with Crippen molar-refractivity contribution in [3.63, 3.8) is 0 Å². The van der Waals surface area contributed by atoms with E-state index in [1.54, 1.807) is 13.0 Å². The van der Waals surface area contributed by atoms with Crippen LogP contribution in [0.5, 0.6) is 0 Å². The molecule has 6 nitrogen and oxygen atoms in total. The number of aromatic amines is 1. The Bertz CT molecular complexity index is 600. The topological polar surface area (TPSA) is 73.3 Å². The van der Waals surface area contributed by atoms with E-state index in [1.165, 1.54) is 10.8 Å². The standard InChI is InChI=1S/C14H20N2O4/c1-9(2)7-19-8-11-4-5-12(20-11)16-6-10(3)13(17)15-14(16)18/h4-6,9,11-12H,7-8H2,1-3H3,(H,15,17,18)/t11-,12?/m0/s1. The van der Waals surface area contributed by atoms with Crippen molar-refractivity contribution in [3.05, 3.63) is 44.8 Å². The molecule has 1 N–H and O–H groups in total. The van der Waals surface area contributed by atoms with Gasteiger partial charge in [0, 0.05) is 18.4 Å². The average Bonchev–Trinajstić information content (AvgIpc) is 2.82. The molecule has 0 amide bonds. The van der Waals surface area contributed by atoms with Crippen LogP contribution in [0.3, 0.4) is 0 Å². The van der Waals surface area contributed by atoms with Crippen LogP contribution in [0.25, 0.3) is 0 Å². The van der Waals surface area contributed by atoms with Gasteiger partial charge in [0.15, 0.2) is 6.23 Å². The molecule has 2 heterocycles. The van der Waals surface area contributed by atoms with Crippen molar-refractivity contribution in [3.8, 4) is 0 Å². The second kappa shape index (κ2) is 6.19. The van der Waals surface area contributed by atoms with Crippen LogP contribution in [0.2, 0.25) is 0 Å². The molecule has 0 aromatic carbocycles. The minimum absolute atomic E-state index is 0.169. The normalized spacial score (nSPS) is 21.8. The summed E-state index contributed by atoms with van der Waals surface area (Å²) in [6, 6.07) is 0. The van der Waals surface area contributed by atoms with E-state index in [2.05, 4.69) is 18.8 Å². The van der Waals surface area contributed by atoms with Gasteiger partial charge in [-0.3, -0.25) is 14.3 Å². The van der Waals surface area contributed by atoms with Crippen LogP contribution in [0.4, 0.5) is 0 Å². The van der Waals surface area contributed by atoms with Crippen LogP contribution in [-0.4, -0.2) is 28.9 Å². The Balaban J connectivity index is 2.00. The van der Waals surface area contributed by atoms with E-state index in [-0.39, 0.29) is 11.7 Å². The number of nitrogens with one attached hydrogen (secondary N) is 1. The van der Waals surface area contributed by atoms with Crippen molar-refractivity contribution in [1.82, 2.24) is 9.55 Å². The lowest BCUT2D eigenvalue weighted by Gasteiger charge is -2.17. The molecule has 0 bridgehead atoms. The summed E-state index contributed by atoms with van der Waals surface area (Å²) in [5.74, 6) is 0.473. The highest BCUT2D eigenvalue weighted by Crippen LogP contribution is 2.19. The molecule has 2 atom stereocenters. The van der Waals surface area contributed by atoms with Gasteiger partial charge in [0.1, 0.15) is 6.10 Å². The lowest BCUT2D eigenvalue weighted by molar-refractivity contribution is -0.0346. The summed E-state index contributed by atoms with van der Waals surface area (Å²) in [5, 5.41) is 0. The zero-order chi connectivity index (χ0) is 14.7. The van der Waals surface area contributed by atoms with Crippen molar-refractivity contribution in [1.29, 1.82) is 0 Å². The number of rotatable bonds is 5. The second-order valence-corrected chi connectivity index (χ2v) is 5.36. The molecule has 0 saturated heterocycles. The zero-order valence-corrected chi connectivity index (χ0v) is 12.0. The highest BCUT2D eigenvalue weighted by molar-refractivity contribution is 5.06. The first-order valence-electron chi connectivity index (χ1n) is 6.71. The molecule has 1 aliphatic heterocycles. The summed E-state index contributed by atoms with van der Waals surface area (Å²) < 4.78 is 12.6. The van der Waals surface area contributed by atoms with Crippen molar-refractivity contribution >= 4 is 0 Å². The van der Waals surface area contributed by atoms with Gasteiger partial charge in [-0.1, -0.05) is 19.9 Å². The first kappa shape index (κ1) is 14.7. The molecule has 0 spiro atoms. The largest absolute Gasteiger partial charge is 0.378 e. The van der Waals surface area contributed by atoms with E-state index in [9.17, 15) is 9.59 Å². The number of H-pyrrole nitrogens is 1. The van der Waals surface area contributed by atoms with E-state index in [4.69, 9.17) is 9.47 Å². The lowest BCUT2D eigenvalue weighted by atomic mass is 10.2. The maximum Gasteiger partial charge on any atom is 0.330 e. The van der Waals surface area contributed by atoms with Gasteiger partial charge in [-0.25, -0.2) is 4.79 Å². The van der Waals surface area contributed by atoms with E-state index in [0.29, 0.717) is 24.7 Å². The van der Waals surface area contributed by atoms with Crippen LogP contribution in [-0.2, 0) is 9.47 Å². The van der Waals surface area contributed by atoms with E-state index < -0.39 is 11.9 Å². The maximum absolute atomic E-state index is 11.8.